The molecule has 2 N–H and O–H groups in total. The van der Waals surface area contributed by atoms with Crippen molar-refractivity contribution in [3.05, 3.63) is 34.9 Å². The number of benzene rings is 1. The van der Waals surface area contributed by atoms with E-state index < -0.39 is 29.4 Å². The molecule has 0 spiro atoms. The number of halogens is 3. The number of rotatable bonds is 4. The molecular formula is C11H10BrF2NO2. The molecule has 92 valence electrons. The topological polar surface area (TPSA) is 64.2 Å². The molecule has 1 rings (SSSR count). The monoisotopic (exact) mass is 305 g/mol. The summed E-state index contributed by atoms with van der Waals surface area (Å²) in [6.45, 7) is 0. The third-order valence-corrected chi connectivity index (χ3v) is 2.75. The van der Waals surface area contributed by atoms with Gasteiger partial charge in [0.1, 0.15) is 23.8 Å². The van der Waals surface area contributed by atoms with E-state index in [1.165, 1.54) is 6.07 Å². The number of nitrogens with zero attached hydrogens (tertiary/aromatic N) is 1. The Balaban J connectivity index is 3.07. The van der Waals surface area contributed by atoms with Crippen molar-refractivity contribution in [2.75, 3.05) is 5.33 Å². The predicted octanol–water partition coefficient (Wildman–Crippen LogP) is 2.02. The van der Waals surface area contributed by atoms with Gasteiger partial charge >= 0.3 is 0 Å². The smallest absolute Gasteiger partial charge is 0.141 e. The van der Waals surface area contributed by atoms with Crippen molar-refractivity contribution in [1.29, 1.82) is 5.26 Å². The zero-order valence-electron chi connectivity index (χ0n) is 8.70. The van der Waals surface area contributed by atoms with Crippen molar-refractivity contribution in [2.24, 2.45) is 0 Å². The van der Waals surface area contributed by atoms with E-state index in [1.807, 2.05) is 0 Å². The molecule has 6 heteroatoms. The van der Waals surface area contributed by atoms with Crippen LogP contribution in [0.4, 0.5) is 8.78 Å². The van der Waals surface area contributed by atoms with E-state index in [9.17, 15) is 19.0 Å². The fraction of sp³-hybridized carbons (Fsp3) is 0.364. The number of aliphatic hydroxyl groups is 2. The van der Waals surface area contributed by atoms with Gasteiger partial charge in [0, 0.05) is 10.9 Å². The van der Waals surface area contributed by atoms with Crippen molar-refractivity contribution in [3.8, 4) is 6.07 Å². The summed E-state index contributed by atoms with van der Waals surface area (Å²) < 4.78 is 26.7. The molecule has 17 heavy (non-hydrogen) atoms. The van der Waals surface area contributed by atoms with Crippen LogP contribution in [0.2, 0.25) is 0 Å². The summed E-state index contributed by atoms with van der Waals surface area (Å²) in [6.07, 6.45) is -2.52. The third kappa shape index (κ3) is 3.22. The van der Waals surface area contributed by atoms with E-state index in [0.717, 1.165) is 6.07 Å². The normalized spacial score (nSPS) is 14.1. The van der Waals surface area contributed by atoms with Gasteiger partial charge in [-0.15, -0.1) is 0 Å². The van der Waals surface area contributed by atoms with Gasteiger partial charge in [-0.3, -0.25) is 0 Å². The Hall–Kier alpha value is -1.03. The second-order valence-corrected chi connectivity index (χ2v) is 4.25. The first-order chi connectivity index (χ1) is 8.01. The lowest BCUT2D eigenvalue weighted by atomic mass is 10.0. The summed E-state index contributed by atoms with van der Waals surface area (Å²) in [5.74, 6) is -1.84. The first kappa shape index (κ1) is 14.0. The molecule has 0 aliphatic rings. The van der Waals surface area contributed by atoms with Gasteiger partial charge in [-0.25, -0.2) is 8.78 Å². The molecule has 3 nitrogen and oxygen atoms in total. The quantitative estimate of drug-likeness (QED) is 0.837. The molecule has 1 aromatic carbocycles. The standard InChI is InChI=1S/C11H10BrF2NO2/c12-2-1-10(16)11(17)7-4-8(13)6(5-15)3-9(7)14/h3-4,10-11,16-17H,1-2H2. The first-order valence-corrected chi connectivity index (χ1v) is 5.94. The lowest BCUT2D eigenvalue weighted by Gasteiger charge is -2.18. The second kappa shape index (κ2) is 6.05. The van der Waals surface area contributed by atoms with E-state index in [0.29, 0.717) is 11.4 Å². The van der Waals surface area contributed by atoms with Crippen LogP contribution in [0.25, 0.3) is 0 Å². The molecule has 0 aromatic heterocycles. The molecule has 0 saturated carbocycles. The number of nitriles is 1. The van der Waals surface area contributed by atoms with E-state index >= 15 is 0 Å². The lowest BCUT2D eigenvalue weighted by molar-refractivity contribution is 0.0151. The number of hydrogen-bond acceptors (Lipinski definition) is 3. The molecule has 2 unspecified atom stereocenters. The van der Waals surface area contributed by atoms with E-state index in [1.54, 1.807) is 0 Å². The number of hydrogen-bond donors (Lipinski definition) is 2. The summed E-state index contributed by atoms with van der Waals surface area (Å²) in [7, 11) is 0. The van der Waals surface area contributed by atoms with Crippen LogP contribution >= 0.6 is 15.9 Å². The zero-order chi connectivity index (χ0) is 13.0. The third-order valence-electron chi connectivity index (χ3n) is 2.29. The zero-order valence-corrected chi connectivity index (χ0v) is 10.3. The van der Waals surface area contributed by atoms with Crippen LogP contribution in [0.5, 0.6) is 0 Å². The molecule has 0 radical (unpaired) electrons. The molecule has 0 saturated heterocycles. The van der Waals surface area contributed by atoms with Crippen LogP contribution in [0.1, 0.15) is 23.7 Å². The summed E-state index contributed by atoms with van der Waals surface area (Å²) >= 11 is 3.06. The Morgan fingerprint density at radius 2 is 1.94 bits per heavy atom. The van der Waals surface area contributed by atoms with Gasteiger partial charge in [0.15, 0.2) is 0 Å². The maximum Gasteiger partial charge on any atom is 0.141 e. The molecule has 0 bridgehead atoms. The van der Waals surface area contributed by atoms with Gasteiger partial charge in [-0.1, -0.05) is 15.9 Å². The molecule has 0 aliphatic heterocycles. The summed E-state index contributed by atoms with van der Waals surface area (Å²) in [6, 6.07) is 2.93. The largest absolute Gasteiger partial charge is 0.390 e. The summed E-state index contributed by atoms with van der Waals surface area (Å²) in [5, 5.41) is 28.0. The Kier molecular flexibility index (Phi) is 5.00. The maximum atomic E-state index is 13.5. The van der Waals surface area contributed by atoms with Gasteiger partial charge in [0.25, 0.3) is 0 Å². The Bertz CT molecular complexity index is 448. The fourth-order valence-corrected chi connectivity index (χ4v) is 1.82. The van der Waals surface area contributed by atoms with Crippen molar-refractivity contribution in [1.82, 2.24) is 0 Å². The highest BCUT2D eigenvalue weighted by molar-refractivity contribution is 9.09. The van der Waals surface area contributed by atoms with Crippen molar-refractivity contribution in [2.45, 2.75) is 18.6 Å². The maximum absolute atomic E-state index is 13.5. The summed E-state index contributed by atoms with van der Waals surface area (Å²) in [5.41, 5.74) is -0.789. The Morgan fingerprint density at radius 3 is 2.47 bits per heavy atom. The van der Waals surface area contributed by atoms with Crippen LogP contribution < -0.4 is 0 Å². The molecule has 0 heterocycles. The second-order valence-electron chi connectivity index (χ2n) is 3.46. The fourth-order valence-electron chi connectivity index (χ4n) is 1.35. The van der Waals surface area contributed by atoms with Crippen molar-refractivity contribution >= 4 is 15.9 Å². The first-order valence-electron chi connectivity index (χ1n) is 4.82. The minimum atomic E-state index is -1.52. The minimum absolute atomic E-state index is 0.197. The molecule has 0 amide bonds. The molecule has 2 atom stereocenters. The van der Waals surface area contributed by atoms with E-state index in [2.05, 4.69) is 15.9 Å². The highest BCUT2D eigenvalue weighted by atomic mass is 79.9. The van der Waals surface area contributed by atoms with E-state index in [-0.39, 0.29) is 12.0 Å². The van der Waals surface area contributed by atoms with Gasteiger partial charge in [0.05, 0.1) is 11.7 Å². The van der Waals surface area contributed by atoms with Crippen LogP contribution in [0.3, 0.4) is 0 Å². The minimum Gasteiger partial charge on any atom is -0.390 e. The lowest BCUT2D eigenvalue weighted by Crippen LogP contribution is -2.20. The Morgan fingerprint density at radius 1 is 1.29 bits per heavy atom. The molecule has 1 aromatic rings. The molecule has 0 fully saturated rings. The van der Waals surface area contributed by atoms with Gasteiger partial charge in [0.2, 0.25) is 0 Å². The average molecular weight is 306 g/mol. The predicted molar refractivity (Wildman–Crippen MR) is 60.5 cm³/mol. The van der Waals surface area contributed by atoms with Gasteiger partial charge in [-0.05, 0) is 18.6 Å². The van der Waals surface area contributed by atoms with Crippen LogP contribution in [-0.2, 0) is 0 Å². The highest BCUT2D eigenvalue weighted by Gasteiger charge is 2.22. The number of alkyl halides is 1. The van der Waals surface area contributed by atoms with Crippen LogP contribution in [0, 0.1) is 23.0 Å². The van der Waals surface area contributed by atoms with Crippen LogP contribution in [0.15, 0.2) is 12.1 Å². The van der Waals surface area contributed by atoms with Crippen molar-refractivity contribution < 1.29 is 19.0 Å². The van der Waals surface area contributed by atoms with Gasteiger partial charge < -0.3 is 10.2 Å². The molecular weight excluding hydrogens is 296 g/mol. The van der Waals surface area contributed by atoms with Crippen molar-refractivity contribution in [3.63, 3.8) is 0 Å². The van der Waals surface area contributed by atoms with E-state index in [4.69, 9.17) is 5.26 Å². The summed E-state index contributed by atoms with van der Waals surface area (Å²) in [4.78, 5) is 0. The molecule has 0 aliphatic carbocycles. The average Bonchev–Trinajstić information content (AvgIpc) is 2.31. The van der Waals surface area contributed by atoms with Gasteiger partial charge in [-0.2, -0.15) is 5.26 Å². The Labute approximate surface area is 105 Å². The SMILES string of the molecule is N#Cc1cc(F)c(C(O)C(O)CCBr)cc1F. The highest BCUT2D eigenvalue weighted by Crippen LogP contribution is 2.24. The number of aliphatic hydroxyl groups excluding tert-OH is 2. The van der Waals surface area contributed by atoms with Crippen LogP contribution in [-0.4, -0.2) is 21.6 Å².